The van der Waals surface area contributed by atoms with Gasteiger partial charge in [0.25, 0.3) is 5.91 Å². The molecule has 0 aliphatic carbocycles. The summed E-state index contributed by atoms with van der Waals surface area (Å²) in [4.78, 5) is 27.9. The van der Waals surface area contributed by atoms with E-state index in [-0.39, 0.29) is 18.4 Å². The number of nitrogens with zero attached hydrogens (tertiary/aromatic N) is 1. The molecule has 0 unspecified atom stereocenters. The fourth-order valence-electron chi connectivity index (χ4n) is 1.88. The molecule has 2 aromatic rings. The van der Waals surface area contributed by atoms with Crippen molar-refractivity contribution in [3.8, 4) is 0 Å². The summed E-state index contributed by atoms with van der Waals surface area (Å²) in [5.74, 6) is -0.447. The first-order valence-electron chi connectivity index (χ1n) is 7.07. The quantitative estimate of drug-likeness (QED) is 0.854. The number of hydrogen-bond acceptors (Lipinski definition) is 4. The summed E-state index contributed by atoms with van der Waals surface area (Å²) in [6.45, 7) is 4.40. The zero-order valence-corrected chi connectivity index (χ0v) is 13.5. The molecule has 0 saturated heterocycles. The van der Waals surface area contributed by atoms with Crippen LogP contribution in [0.15, 0.2) is 29.6 Å². The van der Waals surface area contributed by atoms with Gasteiger partial charge < -0.3 is 10.6 Å². The van der Waals surface area contributed by atoms with E-state index < -0.39 is 0 Å². The van der Waals surface area contributed by atoms with Crippen LogP contribution in [0.25, 0.3) is 0 Å². The van der Waals surface area contributed by atoms with E-state index in [1.165, 1.54) is 0 Å². The van der Waals surface area contributed by atoms with Crippen molar-refractivity contribution in [2.45, 2.75) is 20.3 Å². The Bertz CT molecular complexity index is 650. The van der Waals surface area contributed by atoms with Crippen LogP contribution >= 0.6 is 11.3 Å². The Morgan fingerprint density at radius 1 is 1.14 bits per heavy atom. The number of aryl methyl sites for hydroxylation is 2. The van der Waals surface area contributed by atoms with Crippen LogP contribution in [0, 0.1) is 13.8 Å². The third-order valence-electron chi connectivity index (χ3n) is 3.09. The van der Waals surface area contributed by atoms with E-state index in [0.717, 1.165) is 16.3 Å². The SMILES string of the molecule is Cc1ccc(C(=O)NCC(=O)NCCc2csc(C)n2)cc1. The van der Waals surface area contributed by atoms with Gasteiger partial charge in [0.05, 0.1) is 17.2 Å². The maximum Gasteiger partial charge on any atom is 0.251 e. The maximum absolute atomic E-state index is 11.9. The lowest BCUT2D eigenvalue weighted by Crippen LogP contribution is -2.37. The molecule has 1 aromatic heterocycles. The van der Waals surface area contributed by atoms with Gasteiger partial charge in [-0.25, -0.2) is 4.98 Å². The van der Waals surface area contributed by atoms with Crippen molar-refractivity contribution < 1.29 is 9.59 Å². The summed E-state index contributed by atoms with van der Waals surface area (Å²) in [5.41, 5.74) is 2.62. The van der Waals surface area contributed by atoms with Gasteiger partial charge in [-0.15, -0.1) is 11.3 Å². The van der Waals surface area contributed by atoms with Crippen molar-refractivity contribution in [2.75, 3.05) is 13.1 Å². The maximum atomic E-state index is 11.9. The van der Waals surface area contributed by atoms with Crippen molar-refractivity contribution in [3.63, 3.8) is 0 Å². The minimum absolute atomic E-state index is 0.0250. The van der Waals surface area contributed by atoms with Gasteiger partial charge >= 0.3 is 0 Å². The second-order valence-electron chi connectivity index (χ2n) is 5.01. The number of nitrogens with one attached hydrogen (secondary N) is 2. The van der Waals surface area contributed by atoms with Crippen LogP contribution < -0.4 is 10.6 Å². The predicted octanol–water partition coefficient (Wildman–Crippen LogP) is 1.85. The summed E-state index contributed by atoms with van der Waals surface area (Å²) in [6, 6.07) is 7.22. The fourth-order valence-corrected chi connectivity index (χ4v) is 2.53. The molecule has 0 bridgehead atoms. The van der Waals surface area contributed by atoms with Crippen LogP contribution in [0.3, 0.4) is 0 Å². The Balaban J connectivity index is 1.68. The summed E-state index contributed by atoms with van der Waals surface area (Å²) >= 11 is 1.60. The van der Waals surface area contributed by atoms with Crippen molar-refractivity contribution in [1.82, 2.24) is 15.6 Å². The number of carbonyl (C=O) groups is 2. The highest BCUT2D eigenvalue weighted by atomic mass is 32.1. The van der Waals surface area contributed by atoms with E-state index >= 15 is 0 Å². The molecule has 0 atom stereocenters. The lowest BCUT2D eigenvalue weighted by Gasteiger charge is -2.06. The van der Waals surface area contributed by atoms with E-state index in [4.69, 9.17) is 0 Å². The van der Waals surface area contributed by atoms with Crippen molar-refractivity contribution in [2.24, 2.45) is 0 Å². The average molecular weight is 317 g/mol. The highest BCUT2D eigenvalue weighted by Crippen LogP contribution is 2.07. The van der Waals surface area contributed by atoms with E-state index in [9.17, 15) is 9.59 Å². The van der Waals surface area contributed by atoms with Crippen molar-refractivity contribution >= 4 is 23.2 Å². The van der Waals surface area contributed by atoms with Gasteiger partial charge in [0.15, 0.2) is 0 Å². The molecule has 1 aromatic carbocycles. The molecule has 0 spiro atoms. The molecule has 6 heteroatoms. The first-order valence-corrected chi connectivity index (χ1v) is 7.95. The fraction of sp³-hybridized carbons (Fsp3) is 0.312. The van der Waals surface area contributed by atoms with E-state index in [2.05, 4.69) is 15.6 Å². The summed E-state index contributed by atoms with van der Waals surface area (Å²) in [6.07, 6.45) is 0.696. The summed E-state index contributed by atoms with van der Waals surface area (Å²) in [7, 11) is 0. The molecular weight excluding hydrogens is 298 g/mol. The van der Waals surface area contributed by atoms with E-state index in [1.54, 1.807) is 23.5 Å². The first kappa shape index (κ1) is 16.2. The van der Waals surface area contributed by atoms with Crippen LogP contribution in [0.4, 0.5) is 0 Å². The summed E-state index contributed by atoms with van der Waals surface area (Å²) in [5, 5.41) is 8.38. The minimum atomic E-state index is -0.245. The molecule has 2 rings (SSSR count). The highest BCUT2D eigenvalue weighted by Gasteiger charge is 2.07. The molecule has 0 saturated carbocycles. The van der Waals surface area contributed by atoms with E-state index in [1.807, 2.05) is 31.4 Å². The molecule has 0 aliphatic heterocycles. The Kier molecular flexibility index (Phi) is 5.66. The zero-order chi connectivity index (χ0) is 15.9. The van der Waals surface area contributed by atoms with Gasteiger partial charge in [-0.05, 0) is 26.0 Å². The number of benzene rings is 1. The number of thiazole rings is 1. The van der Waals surface area contributed by atoms with Crippen LogP contribution in [0.5, 0.6) is 0 Å². The van der Waals surface area contributed by atoms with Crippen molar-refractivity contribution in [3.05, 3.63) is 51.5 Å². The predicted molar refractivity (Wildman–Crippen MR) is 87.1 cm³/mol. The highest BCUT2D eigenvalue weighted by molar-refractivity contribution is 7.09. The third-order valence-corrected chi connectivity index (χ3v) is 3.92. The molecule has 0 radical (unpaired) electrons. The Morgan fingerprint density at radius 2 is 1.86 bits per heavy atom. The van der Waals surface area contributed by atoms with Crippen LogP contribution in [0.1, 0.15) is 26.6 Å². The standard InChI is InChI=1S/C16H19N3O2S/c1-11-3-5-13(6-4-11)16(21)18-9-15(20)17-8-7-14-10-22-12(2)19-14/h3-6,10H,7-9H2,1-2H3,(H,17,20)(H,18,21). The number of carbonyl (C=O) groups excluding carboxylic acids is 2. The number of amides is 2. The Morgan fingerprint density at radius 3 is 2.50 bits per heavy atom. The molecule has 5 nitrogen and oxygen atoms in total. The van der Waals surface area contributed by atoms with Gasteiger partial charge in [-0.1, -0.05) is 17.7 Å². The molecule has 0 aliphatic rings. The topological polar surface area (TPSA) is 71.1 Å². The molecule has 22 heavy (non-hydrogen) atoms. The van der Waals surface area contributed by atoms with E-state index in [0.29, 0.717) is 18.5 Å². The third kappa shape index (κ3) is 4.96. The molecule has 1 heterocycles. The van der Waals surface area contributed by atoms with Gasteiger partial charge in [0, 0.05) is 23.9 Å². The number of hydrogen-bond donors (Lipinski definition) is 2. The van der Waals surface area contributed by atoms with Gasteiger partial charge in [0.1, 0.15) is 0 Å². The number of aromatic nitrogens is 1. The Labute approximate surface area is 133 Å². The largest absolute Gasteiger partial charge is 0.354 e. The molecule has 116 valence electrons. The van der Waals surface area contributed by atoms with Crippen molar-refractivity contribution in [1.29, 1.82) is 0 Å². The number of rotatable bonds is 6. The molecule has 2 amide bonds. The van der Waals surface area contributed by atoms with Gasteiger partial charge in [-0.3, -0.25) is 9.59 Å². The summed E-state index contributed by atoms with van der Waals surface area (Å²) < 4.78 is 0. The smallest absolute Gasteiger partial charge is 0.251 e. The van der Waals surface area contributed by atoms with Gasteiger partial charge in [-0.2, -0.15) is 0 Å². The lowest BCUT2D eigenvalue weighted by atomic mass is 10.1. The second kappa shape index (κ2) is 7.70. The van der Waals surface area contributed by atoms with Crippen LogP contribution in [-0.4, -0.2) is 29.9 Å². The molecular formula is C16H19N3O2S. The normalized spacial score (nSPS) is 10.3. The van der Waals surface area contributed by atoms with Gasteiger partial charge in [0.2, 0.25) is 5.91 Å². The minimum Gasteiger partial charge on any atom is -0.354 e. The van der Waals surface area contributed by atoms with Crippen LogP contribution in [-0.2, 0) is 11.2 Å². The zero-order valence-electron chi connectivity index (χ0n) is 12.7. The Hall–Kier alpha value is -2.21. The lowest BCUT2D eigenvalue weighted by molar-refractivity contribution is -0.120. The molecule has 0 fully saturated rings. The van der Waals surface area contributed by atoms with Crippen LogP contribution in [0.2, 0.25) is 0 Å². The molecule has 2 N–H and O–H groups in total. The monoisotopic (exact) mass is 317 g/mol. The first-order chi connectivity index (χ1) is 10.5. The average Bonchev–Trinajstić information content (AvgIpc) is 2.91. The second-order valence-corrected chi connectivity index (χ2v) is 6.07.